The number of hydrogen-bond donors (Lipinski definition) is 1. The minimum absolute atomic E-state index is 0.0185. The summed E-state index contributed by atoms with van der Waals surface area (Å²) in [7, 11) is 0. The molecule has 1 unspecified atom stereocenters. The Bertz CT molecular complexity index is 42.1. The lowest BCUT2D eigenvalue weighted by atomic mass is 10.7. The van der Waals surface area contributed by atoms with Gasteiger partial charge < -0.3 is 0 Å². The Morgan fingerprint density at radius 1 is 1.83 bits per heavy atom. The molecule has 1 saturated heterocycles. The van der Waals surface area contributed by atoms with E-state index in [9.17, 15) is 0 Å². The molecule has 1 rings (SSSR count). The van der Waals surface area contributed by atoms with E-state index < -0.39 is 0 Å². The van der Waals surface area contributed by atoms with Gasteiger partial charge in [0.25, 0.3) is 0 Å². The van der Waals surface area contributed by atoms with Gasteiger partial charge in [-0.25, -0.2) is 9.78 Å². The van der Waals surface area contributed by atoms with Gasteiger partial charge in [-0.1, -0.05) is 0 Å². The van der Waals surface area contributed by atoms with E-state index in [0.29, 0.717) is 0 Å². The predicted molar refractivity (Wildman–Crippen MR) is 19.1 cm³/mol. The summed E-state index contributed by atoms with van der Waals surface area (Å²) >= 11 is 0. The molecule has 0 aromatic rings. The molecule has 1 heterocycles. The molecule has 1 aliphatic heterocycles. The highest BCUT2D eigenvalue weighted by Crippen LogP contribution is 1.96. The summed E-state index contributed by atoms with van der Waals surface area (Å²) in [6.07, 6.45) is 0.0185. The van der Waals surface area contributed by atoms with Crippen LogP contribution in [0.3, 0.4) is 0 Å². The molecule has 1 fully saturated rings. The molecular weight excluding hydrogens is 82.0 g/mol. The standard InChI is InChI=1S/C3H6NO2/c1-3-4-2-5-6-3/h2-4H,1H3. The maximum Gasteiger partial charge on any atom is 0.189 e. The monoisotopic (exact) mass is 88.0 g/mol. The minimum atomic E-state index is 0.0185. The second-order valence-corrected chi connectivity index (χ2v) is 1.12. The molecule has 0 amide bonds. The van der Waals surface area contributed by atoms with Crippen LogP contribution in [0, 0.1) is 6.73 Å². The van der Waals surface area contributed by atoms with Crippen molar-refractivity contribution in [3.8, 4) is 0 Å². The van der Waals surface area contributed by atoms with E-state index in [1.54, 1.807) is 0 Å². The molecule has 0 aromatic heterocycles. The van der Waals surface area contributed by atoms with Gasteiger partial charge in [-0.05, 0) is 6.92 Å². The van der Waals surface area contributed by atoms with Crippen LogP contribution < -0.4 is 5.32 Å². The highest BCUT2D eigenvalue weighted by molar-refractivity contribution is 4.51. The maximum atomic E-state index is 4.49. The van der Waals surface area contributed by atoms with Gasteiger partial charge in [0.2, 0.25) is 0 Å². The molecule has 1 atom stereocenters. The zero-order chi connectivity index (χ0) is 4.41. The predicted octanol–water partition coefficient (Wildman–Crippen LogP) is 0.00309. The van der Waals surface area contributed by atoms with Crippen molar-refractivity contribution in [1.82, 2.24) is 5.32 Å². The Kier molecular flexibility index (Phi) is 1.05. The van der Waals surface area contributed by atoms with Crippen molar-refractivity contribution in [3.63, 3.8) is 0 Å². The van der Waals surface area contributed by atoms with Crippen molar-refractivity contribution in [3.05, 3.63) is 6.73 Å². The average molecular weight is 88.1 g/mol. The molecule has 1 aliphatic rings. The fourth-order valence-corrected chi connectivity index (χ4v) is 0.262. The Labute approximate surface area is 36.2 Å². The third-order valence-corrected chi connectivity index (χ3v) is 0.551. The Balaban J connectivity index is 2.18. The highest BCUT2D eigenvalue weighted by Gasteiger charge is 2.08. The number of hydrogen-bond acceptors (Lipinski definition) is 3. The third-order valence-electron chi connectivity index (χ3n) is 0.551. The van der Waals surface area contributed by atoms with E-state index in [4.69, 9.17) is 0 Å². The van der Waals surface area contributed by atoms with E-state index in [2.05, 4.69) is 15.1 Å². The second-order valence-electron chi connectivity index (χ2n) is 1.12. The summed E-state index contributed by atoms with van der Waals surface area (Å²) in [6.45, 7) is 3.26. The second kappa shape index (κ2) is 1.55. The summed E-state index contributed by atoms with van der Waals surface area (Å²) in [5, 5.41) is 2.75. The van der Waals surface area contributed by atoms with Crippen LogP contribution in [-0.2, 0) is 9.78 Å². The molecule has 6 heavy (non-hydrogen) atoms. The van der Waals surface area contributed by atoms with Crippen LogP contribution in [-0.4, -0.2) is 6.23 Å². The molecule has 0 aliphatic carbocycles. The van der Waals surface area contributed by atoms with Gasteiger partial charge in [0, 0.05) is 0 Å². The highest BCUT2D eigenvalue weighted by atomic mass is 17.2. The van der Waals surface area contributed by atoms with Crippen molar-refractivity contribution >= 4 is 0 Å². The molecule has 35 valence electrons. The fourth-order valence-electron chi connectivity index (χ4n) is 0.262. The molecule has 1 radical (unpaired) electrons. The SMILES string of the molecule is CC1N[CH]OO1. The van der Waals surface area contributed by atoms with E-state index in [-0.39, 0.29) is 6.23 Å². The lowest BCUT2D eigenvalue weighted by Gasteiger charge is -1.91. The van der Waals surface area contributed by atoms with Crippen LogP contribution in [0.25, 0.3) is 0 Å². The Hall–Kier alpha value is -0.120. The molecule has 0 bridgehead atoms. The van der Waals surface area contributed by atoms with E-state index in [1.165, 1.54) is 6.73 Å². The zero-order valence-corrected chi connectivity index (χ0v) is 3.47. The first-order chi connectivity index (χ1) is 2.89. The van der Waals surface area contributed by atoms with Gasteiger partial charge in [-0.3, -0.25) is 5.32 Å². The maximum absolute atomic E-state index is 4.49. The molecule has 0 spiro atoms. The van der Waals surface area contributed by atoms with Crippen molar-refractivity contribution < 1.29 is 9.78 Å². The van der Waals surface area contributed by atoms with E-state index in [1.807, 2.05) is 6.92 Å². The van der Waals surface area contributed by atoms with Crippen LogP contribution in [0.1, 0.15) is 6.92 Å². The quantitative estimate of drug-likeness (QED) is 0.423. The van der Waals surface area contributed by atoms with Gasteiger partial charge in [-0.15, -0.1) is 0 Å². The van der Waals surface area contributed by atoms with Crippen LogP contribution in [0.2, 0.25) is 0 Å². The van der Waals surface area contributed by atoms with Crippen molar-refractivity contribution in [2.45, 2.75) is 13.2 Å². The molecule has 1 N–H and O–H groups in total. The van der Waals surface area contributed by atoms with Gasteiger partial charge in [0.15, 0.2) is 6.73 Å². The molecule has 3 nitrogen and oxygen atoms in total. The number of rotatable bonds is 0. The summed E-state index contributed by atoms with van der Waals surface area (Å²) in [5.74, 6) is 0. The summed E-state index contributed by atoms with van der Waals surface area (Å²) in [5.41, 5.74) is 0. The fraction of sp³-hybridized carbons (Fsp3) is 0.667. The smallest absolute Gasteiger partial charge is 0.189 e. The summed E-state index contributed by atoms with van der Waals surface area (Å²) in [4.78, 5) is 8.81. The average Bonchev–Trinajstić information content (AvgIpc) is 1.86. The normalized spacial score (nSPS) is 34.5. The topological polar surface area (TPSA) is 30.5 Å². The first-order valence-electron chi connectivity index (χ1n) is 1.79. The van der Waals surface area contributed by atoms with Crippen molar-refractivity contribution in [1.29, 1.82) is 0 Å². The number of nitrogens with one attached hydrogen (secondary N) is 1. The third kappa shape index (κ3) is 0.680. The van der Waals surface area contributed by atoms with Crippen LogP contribution >= 0.6 is 0 Å². The van der Waals surface area contributed by atoms with Crippen LogP contribution in [0.15, 0.2) is 0 Å². The van der Waals surface area contributed by atoms with Crippen molar-refractivity contribution in [2.24, 2.45) is 0 Å². The van der Waals surface area contributed by atoms with Gasteiger partial charge in [-0.2, -0.15) is 0 Å². The van der Waals surface area contributed by atoms with E-state index in [0.717, 1.165) is 0 Å². The first kappa shape index (κ1) is 4.05. The lowest BCUT2D eigenvalue weighted by molar-refractivity contribution is -0.253. The lowest BCUT2D eigenvalue weighted by Crippen LogP contribution is -2.14. The van der Waals surface area contributed by atoms with E-state index >= 15 is 0 Å². The summed E-state index contributed by atoms with van der Waals surface area (Å²) < 4.78 is 0. The Morgan fingerprint density at radius 2 is 2.67 bits per heavy atom. The largest absolute Gasteiger partial charge is 0.258 e. The van der Waals surface area contributed by atoms with Gasteiger partial charge >= 0.3 is 0 Å². The van der Waals surface area contributed by atoms with Crippen LogP contribution in [0.5, 0.6) is 0 Å². The molecular formula is C3H6NO2. The molecule has 3 heteroatoms. The minimum Gasteiger partial charge on any atom is -0.258 e. The van der Waals surface area contributed by atoms with Crippen molar-refractivity contribution in [2.75, 3.05) is 0 Å². The zero-order valence-electron chi connectivity index (χ0n) is 3.47. The Morgan fingerprint density at radius 3 is 2.83 bits per heavy atom. The molecule has 0 saturated carbocycles. The molecule has 0 aromatic carbocycles. The first-order valence-corrected chi connectivity index (χ1v) is 1.79. The van der Waals surface area contributed by atoms with Gasteiger partial charge in [0.1, 0.15) is 6.23 Å². The summed E-state index contributed by atoms with van der Waals surface area (Å²) in [6, 6.07) is 0. The van der Waals surface area contributed by atoms with Gasteiger partial charge in [0.05, 0.1) is 0 Å². The van der Waals surface area contributed by atoms with Crippen LogP contribution in [0.4, 0.5) is 0 Å².